The van der Waals surface area contributed by atoms with Crippen molar-refractivity contribution >= 4 is 0 Å². The standard InChI is InChI=1S/C21H29N3O6/c1-3-16-18(22)19(29-12-11-27-2)20(30-16)23-10-9-17(25)24(21(23)26)14-28-13-15-7-5-4-6-8-15/h4-10,16,18-20H,3,11-14,22H2,1-2H3/t16-,18-,19-,20-/m1/s1. The summed E-state index contributed by atoms with van der Waals surface area (Å²) in [5.74, 6) is 0. The van der Waals surface area contributed by atoms with E-state index in [0.29, 0.717) is 19.6 Å². The van der Waals surface area contributed by atoms with E-state index in [1.807, 2.05) is 37.3 Å². The molecule has 1 aromatic carbocycles. The lowest BCUT2D eigenvalue weighted by Crippen LogP contribution is -2.46. The highest BCUT2D eigenvalue weighted by Gasteiger charge is 2.44. The molecule has 2 N–H and O–H groups in total. The Morgan fingerprint density at radius 1 is 1.13 bits per heavy atom. The lowest BCUT2D eigenvalue weighted by atomic mass is 10.1. The lowest BCUT2D eigenvalue weighted by molar-refractivity contribution is -0.0745. The molecule has 30 heavy (non-hydrogen) atoms. The summed E-state index contributed by atoms with van der Waals surface area (Å²) in [6.07, 6.45) is 0.551. The summed E-state index contributed by atoms with van der Waals surface area (Å²) in [6, 6.07) is 10.4. The number of hydrogen-bond acceptors (Lipinski definition) is 7. The molecule has 1 aromatic heterocycles. The Morgan fingerprint density at radius 2 is 1.90 bits per heavy atom. The van der Waals surface area contributed by atoms with E-state index >= 15 is 0 Å². The molecule has 0 saturated carbocycles. The topological polar surface area (TPSA) is 107 Å². The van der Waals surface area contributed by atoms with E-state index in [1.54, 1.807) is 7.11 Å². The fourth-order valence-electron chi connectivity index (χ4n) is 3.48. The summed E-state index contributed by atoms with van der Waals surface area (Å²) in [6.45, 7) is 2.79. The minimum atomic E-state index is -0.740. The molecule has 0 aliphatic carbocycles. The Balaban J connectivity index is 1.79. The van der Waals surface area contributed by atoms with Gasteiger partial charge in [0.2, 0.25) is 0 Å². The quantitative estimate of drug-likeness (QED) is 0.569. The molecule has 1 aliphatic heterocycles. The Bertz CT molecular complexity index is 913. The van der Waals surface area contributed by atoms with Gasteiger partial charge in [-0.2, -0.15) is 0 Å². The molecule has 1 aliphatic rings. The molecule has 9 heteroatoms. The van der Waals surface area contributed by atoms with Gasteiger partial charge in [-0.05, 0) is 12.0 Å². The molecule has 164 valence electrons. The SMILES string of the molecule is CC[C@H]1O[C@@H](n2ccc(=O)n(COCc3ccccc3)c2=O)[C@H](OCCOC)[C@@H]1N. The molecule has 0 radical (unpaired) electrons. The number of aromatic nitrogens is 2. The Morgan fingerprint density at radius 3 is 2.60 bits per heavy atom. The molecule has 2 aromatic rings. The van der Waals surface area contributed by atoms with E-state index in [9.17, 15) is 9.59 Å². The predicted octanol–water partition coefficient (Wildman–Crippen LogP) is 0.851. The third-order valence-electron chi connectivity index (χ3n) is 5.11. The predicted molar refractivity (Wildman–Crippen MR) is 110 cm³/mol. The van der Waals surface area contributed by atoms with Gasteiger partial charge in [0.25, 0.3) is 5.56 Å². The van der Waals surface area contributed by atoms with Crippen LogP contribution >= 0.6 is 0 Å². The van der Waals surface area contributed by atoms with Gasteiger partial charge in [0.15, 0.2) is 6.23 Å². The summed E-state index contributed by atoms with van der Waals surface area (Å²) in [4.78, 5) is 25.3. The number of ether oxygens (including phenoxy) is 4. The van der Waals surface area contributed by atoms with E-state index in [0.717, 1.165) is 10.1 Å². The van der Waals surface area contributed by atoms with Crippen LogP contribution in [0.2, 0.25) is 0 Å². The first kappa shape index (κ1) is 22.4. The van der Waals surface area contributed by atoms with Crippen molar-refractivity contribution in [2.24, 2.45) is 5.73 Å². The van der Waals surface area contributed by atoms with Gasteiger partial charge >= 0.3 is 5.69 Å². The molecule has 1 fully saturated rings. The van der Waals surface area contributed by atoms with E-state index in [2.05, 4.69) is 0 Å². The van der Waals surface area contributed by atoms with Crippen LogP contribution < -0.4 is 17.0 Å². The van der Waals surface area contributed by atoms with Crippen molar-refractivity contribution in [3.05, 3.63) is 69.0 Å². The highest BCUT2D eigenvalue weighted by atomic mass is 16.6. The van der Waals surface area contributed by atoms with Gasteiger partial charge in [0, 0.05) is 19.4 Å². The molecule has 9 nitrogen and oxygen atoms in total. The Labute approximate surface area is 174 Å². The van der Waals surface area contributed by atoms with Gasteiger partial charge in [-0.1, -0.05) is 37.3 Å². The van der Waals surface area contributed by atoms with Gasteiger partial charge in [0.1, 0.15) is 12.8 Å². The number of nitrogens with two attached hydrogens (primary N) is 1. The van der Waals surface area contributed by atoms with Crippen molar-refractivity contribution in [1.82, 2.24) is 9.13 Å². The molecule has 0 spiro atoms. The smallest absolute Gasteiger partial charge is 0.335 e. The zero-order valence-electron chi connectivity index (χ0n) is 17.3. The van der Waals surface area contributed by atoms with Crippen LogP contribution in [0.25, 0.3) is 0 Å². The Kier molecular flexibility index (Phi) is 7.94. The van der Waals surface area contributed by atoms with Gasteiger partial charge in [-0.3, -0.25) is 9.36 Å². The zero-order chi connectivity index (χ0) is 21.5. The largest absolute Gasteiger partial charge is 0.382 e. The highest BCUT2D eigenvalue weighted by Crippen LogP contribution is 2.31. The molecule has 4 atom stereocenters. The van der Waals surface area contributed by atoms with Crippen LogP contribution in [0.5, 0.6) is 0 Å². The van der Waals surface area contributed by atoms with Gasteiger partial charge in [-0.15, -0.1) is 0 Å². The molecule has 3 rings (SSSR count). The first-order valence-electron chi connectivity index (χ1n) is 10.0. The van der Waals surface area contributed by atoms with Crippen molar-refractivity contribution in [2.75, 3.05) is 20.3 Å². The van der Waals surface area contributed by atoms with Crippen molar-refractivity contribution in [3.63, 3.8) is 0 Å². The maximum Gasteiger partial charge on any atom is 0.335 e. The second kappa shape index (κ2) is 10.6. The van der Waals surface area contributed by atoms with Crippen LogP contribution in [-0.2, 0) is 32.3 Å². The van der Waals surface area contributed by atoms with Gasteiger partial charge in [-0.25, -0.2) is 9.36 Å². The second-order valence-corrected chi connectivity index (χ2v) is 7.11. The fourth-order valence-corrected chi connectivity index (χ4v) is 3.48. The number of hydrogen-bond donors (Lipinski definition) is 1. The summed E-state index contributed by atoms with van der Waals surface area (Å²) < 4.78 is 24.9. The van der Waals surface area contributed by atoms with Crippen LogP contribution in [0, 0.1) is 0 Å². The van der Waals surface area contributed by atoms with E-state index < -0.39 is 29.6 Å². The summed E-state index contributed by atoms with van der Waals surface area (Å²) in [5.41, 5.74) is 6.27. The van der Waals surface area contributed by atoms with Crippen LogP contribution in [0.3, 0.4) is 0 Å². The normalized spacial score (nSPS) is 23.7. The van der Waals surface area contributed by atoms with Crippen LogP contribution in [-0.4, -0.2) is 47.7 Å². The first-order valence-corrected chi connectivity index (χ1v) is 10.0. The van der Waals surface area contributed by atoms with Crippen LogP contribution in [0.1, 0.15) is 25.1 Å². The molecule has 1 saturated heterocycles. The second-order valence-electron chi connectivity index (χ2n) is 7.11. The van der Waals surface area contributed by atoms with Gasteiger partial charge in [0.05, 0.1) is 32.0 Å². The monoisotopic (exact) mass is 419 g/mol. The molecule has 0 bridgehead atoms. The molecular weight excluding hydrogens is 390 g/mol. The van der Waals surface area contributed by atoms with Crippen LogP contribution in [0.4, 0.5) is 0 Å². The van der Waals surface area contributed by atoms with Crippen molar-refractivity contribution in [1.29, 1.82) is 0 Å². The summed E-state index contributed by atoms with van der Waals surface area (Å²) >= 11 is 0. The maximum absolute atomic E-state index is 13.0. The fraction of sp³-hybridized carbons (Fsp3) is 0.524. The zero-order valence-corrected chi connectivity index (χ0v) is 17.3. The first-order chi connectivity index (χ1) is 14.6. The van der Waals surface area contributed by atoms with Crippen molar-refractivity contribution in [3.8, 4) is 0 Å². The number of benzene rings is 1. The average Bonchev–Trinajstić information content (AvgIpc) is 3.07. The average molecular weight is 419 g/mol. The lowest BCUT2D eigenvalue weighted by Gasteiger charge is -2.23. The third kappa shape index (κ3) is 5.05. The minimum Gasteiger partial charge on any atom is -0.382 e. The Hall–Kier alpha value is -2.30. The molecule has 0 amide bonds. The summed E-state index contributed by atoms with van der Waals surface area (Å²) in [7, 11) is 1.58. The van der Waals surface area contributed by atoms with E-state index in [4.69, 9.17) is 24.7 Å². The van der Waals surface area contributed by atoms with Crippen LogP contribution in [0.15, 0.2) is 52.2 Å². The molecule has 2 heterocycles. The number of rotatable bonds is 10. The van der Waals surface area contributed by atoms with Crippen molar-refractivity contribution < 1.29 is 18.9 Å². The van der Waals surface area contributed by atoms with Crippen molar-refractivity contribution in [2.45, 2.75) is 51.2 Å². The van der Waals surface area contributed by atoms with E-state index in [-0.39, 0.29) is 19.4 Å². The highest BCUT2D eigenvalue weighted by molar-refractivity contribution is 5.13. The third-order valence-corrected chi connectivity index (χ3v) is 5.11. The molecular formula is C21H29N3O6. The maximum atomic E-state index is 13.0. The minimum absolute atomic E-state index is 0.168. The number of methoxy groups -OCH3 is 1. The van der Waals surface area contributed by atoms with E-state index in [1.165, 1.54) is 16.8 Å². The van der Waals surface area contributed by atoms with Gasteiger partial charge < -0.3 is 24.7 Å². The number of nitrogens with zero attached hydrogens (tertiary/aromatic N) is 2. The summed E-state index contributed by atoms with van der Waals surface area (Å²) in [5, 5.41) is 0. The molecule has 0 unspecified atom stereocenters.